The summed E-state index contributed by atoms with van der Waals surface area (Å²) in [5.74, 6) is 0.733. The average Bonchev–Trinajstić information content (AvgIpc) is 3.19. The zero-order valence-corrected chi connectivity index (χ0v) is 16.5. The maximum atomic E-state index is 12.1. The Balaban J connectivity index is 1.56. The average molecular weight is 404 g/mol. The van der Waals surface area contributed by atoms with Crippen molar-refractivity contribution in [1.82, 2.24) is 5.43 Å². The number of ether oxygens (including phenoxy) is 2. The summed E-state index contributed by atoms with van der Waals surface area (Å²) in [5, 5.41) is 3.92. The van der Waals surface area contributed by atoms with Crippen molar-refractivity contribution in [3.8, 4) is 11.5 Å². The molecule has 0 atom stereocenters. The second-order valence-corrected chi connectivity index (χ2v) is 6.19. The number of nitrogens with zero attached hydrogens (tertiary/aromatic N) is 1. The second-order valence-electron chi connectivity index (χ2n) is 6.19. The van der Waals surface area contributed by atoms with Gasteiger partial charge in [0, 0.05) is 6.08 Å². The number of hydrazone groups is 1. The molecule has 0 bridgehead atoms. The lowest BCUT2D eigenvalue weighted by molar-refractivity contribution is -0.128. The molecule has 2 aromatic carbocycles. The summed E-state index contributed by atoms with van der Waals surface area (Å²) >= 11 is 0. The summed E-state index contributed by atoms with van der Waals surface area (Å²) in [7, 11) is 1.59. The van der Waals surface area contributed by atoms with Crippen LogP contribution in [0.2, 0.25) is 0 Å². The lowest BCUT2D eigenvalue weighted by Gasteiger charge is -2.03. The Morgan fingerprint density at radius 1 is 1.03 bits per heavy atom. The summed E-state index contributed by atoms with van der Waals surface area (Å²) in [6, 6.07) is 15.6. The van der Waals surface area contributed by atoms with Crippen molar-refractivity contribution in [1.29, 1.82) is 0 Å². The van der Waals surface area contributed by atoms with Crippen LogP contribution in [-0.4, -0.2) is 25.2 Å². The van der Waals surface area contributed by atoms with Gasteiger partial charge in [0.15, 0.2) is 0 Å². The molecule has 0 unspecified atom stereocenters. The van der Waals surface area contributed by atoms with Gasteiger partial charge in [0.25, 0.3) is 5.91 Å². The maximum absolute atomic E-state index is 12.1. The van der Waals surface area contributed by atoms with Gasteiger partial charge in [0.1, 0.15) is 17.3 Å². The Hall–Kier alpha value is -4.13. The highest BCUT2D eigenvalue weighted by atomic mass is 16.5. The highest BCUT2D eigenvalue weighted by Gasteiger charge is 2.09. The summed E-state index contributed by atoms with van der Waals surface area (Å²) < 4.78 is 15.5. The number of esters is 1. The predicted octanol–water partition coefficient (Wildman–Crippen LogP) is 3.98. The molecule has 0 spiro atoms. The van der Waals surface area contributed by atoms with Gasteiger partial charge in [-0.15, -0.1) is 0 Å². The lowest BCUT2D eigenvalue weighted by atomic mass is 10.2. The molecule has 1 amide bonds. The number of furan rings is 1. The minimum Gasteiger partial charge on any atom is -0.497 e. The molecule has 30 heavy (non-hydrogen) atoms. The molecular formula is C23H20N2O5. The number of methoxy groups -OCH3 is 1. The molecule has 3 rings (SSSR count). The minimum absolute atomic E-state index is 0.361. The van der Waals surface area contributed by atoms with Crippen molar-refractivity contribution >= 4 is 24.2 Å². The van der Waals surface area contributed by atoms with Gasteiger partial charge in [-0.1, -0.05) is 24.3 Å². The molecule has 1 aromatic heterocycles. The number of hydrogen-bond donors (Lipinski definition) is 1. The first-order valence-corrected chi connectivity index (χ1v) is 9.06. The number of aryl methyl sites for hydroxylation is 1. The summed E-state index contributed by atoms with van der Waals surface area (Å²) in [5.41, 5.74) is 4.34. The van der Waals surface area contributed by atoms with Gasteiger partial charge in [-0.05, 0) is 54.5 Å². The van der Waals surface area contributed by atoms with Gasteiger partial charge in [-0.3, -0.25) is 4.79 Å². The zero-order valence-electron chi connectivity index (χ0n) is 16.5. The van der Waals surface area contributed by atoms with Crippen molar-refractivity contribution in [3.05, 3.63) is 89.4 Å². The molecule has 7 nitrogen and oxygen atoms in total. The molecule has 0 saturated carbocycles. The van der Waals surface area contributed by atoms with Gasteiger partial charge in [0.05, 0.1) is 25.2 Å². The molecule has 152 valence electrons. The van der Waals surface area contributed by atoms with Crippen LogP contribution in [-0.2, 0) is 4.79 Å². The monoisotopic (exact) mass is 404 g/mol. The third-order valence-corrected chi connectivity index (χ3v) is 4.09. The first-order valence-electron chi connectivity index (χ1n) is 9.06. The third-order valence-electron chi connectivity index (χ3n) is 4.09. The van der Waals surface area contributed by atoms with Crippen LogP contribution in [0.25, 0.3) is 6.08 Å². The number of benzene rings is 2. The summed E-state index contributed by atoms with van der Waals surface area (Å²) in [4.78, 5) is 24.0. The van der Waals surface area contributed by atoms with E-state index in [4.69, 9.17) is 13.9 Å². The molecule has 0 radical (unpaired) electrons. The maximum Gasteiger partial charge on any atom is 0.336 e. The van der Waals surface area contributed by atoms with Crippen LogP contribution in [0.4, 0.5) is 0 Å². The molecule has 0 aliphatic carbocycles. The number of rotatable bonds is 7. The molecule has 7 heteroatoms. The van der Waals surface area contributed by atoms with E-state index in [0.29, 0.717) is 22.6 Å². The zero-order chi connectivity index (χ0) is 21.3. The largest absolute Gasteiger partial charge is 0.497 e. The van der Waals surface area contributed by atoms with Crippen LogP contribution >= 0.6 is 0 Å². The fraction of sp³-hybridized carbons (Fsp3) is 0.0870. The van der Waals surface area contributed by atoms with Gasteiger partial charge in [-0.25, -0.2) is 10.2 Å². The van der Waals surface area contributed by atoms with Crippen molar-refractivity contribution in [2.24, 2.45) is 5.10 Å². The van der Waals surface area contributed by atoms with E-state index in [0.717, 1.165) is 11.3 Å². The second kappa shape index (κ2) is 9.88. The Morgan fingerprint density at radius 3 is 2.53 bits per heavy atom. The fourth-order valence-electron chi connectivity index (χ4n) is 2.53. The molecule has 0 fully saturated rings. The topological polar surface area (TPSA) is 90.1 Å². The van der Waals surface area contributed by atoms with Gasteiger partial charge in [-0.2, -0.15) is 5.10 Å². The minimum atomic E-state index is -0.511. The van der Waals surface area contributed by atoms with E-state index in [2.05, 4.69) is 10.5 Å². The Bertz CT molecular complexity index is 1080. The molecule has 1 heterocycles. The number of nitrogens with one attached hydrogen (secondary N) is 1. The van der Waals surface area contributed by atoms with Crippen molar-refractivity contribution in [2.45, 2.75) is 6.92 Å². The highest BCUT2D eigenvalue weighted by molar-refractivity contribution is 5.95. The number of amides is 1. The van der Waals surface area contributed by atoms with E-state index in [-0.39, 0.29) is 5.91 Å². The van der Waals surface area contributed by atoms with Crippen LogP contribution in [0.15, 0.2) is 76.5 Å². The van der Waals surface area contributed by atoms with E-state index >= 15 is 0 Å². The van der Waals surface area contributed by atoms with Crippen LogP contribution in [0.3, 0.4) is 0 Å². The van der Waals surface area contributed by atoms with Crippen LogP contribution in [0.5, 0.6) is 11.5 Å². The summed E-state index contributed by atoms with van der Waals surface area (Å²) in [6.45, 7) is 1.69. The van der Waals surface area contributed by atoms with E-state index in [9.17, 15) is 9.59 Å². The van der Waals surface area contributed by atoms with E-state index in [1.807, 2.05) is 12.1 Å². The Morgan fingerprint density at radius 2 is 1.83 bits per heavy atom. The Labute approximate surface area is 173 Å². The molecule has 1 N–H and O–H groups in total. The predicted molar refractivity (Wildman–Crippen MR) is 113 cm³/mol. The molecule has 0 aliphatic rings. The standard InChI is InChI=1S/C23H20N2O5/c1-16-21(12-13-29-16)23(27)25-24-15-18-4-3-5-20(14-18)30-22(26)11-8-17-6-9-19(28-2)10-7-17/h3-15H,1-2H3,(H,25,27)/b11-8+,24-15?. The summed E-state index contributed by atoms with van der Waals surface area (Å²) in [6.07, 6.45) is 5.89. The first-order chi connectivity index (χ1) is 14.5. The smallest absolute Gasteiger partial charge is 0.336 e. The SMILES string of the molecule is COc1ccc(/C=C/C(=O)Oc2cccc(C=NNC(=O)c3ccoc3C)c2)cc1. The van der Waals surface area contributed by atoms with Gasteiger partial charge < -0.3 is 13.9 Å². The lowest BCUT2D eigenvalue weighted by Crippen LogP contribution is -2.17. The molecular weight excluding hydrogens is 384 g/mol. The van der Waals surface area contributed by atoms with Crippen LogP contribution in [0.1, 0.15) is 27.2 Å². The number of hydrogen-bond acceptors (Lipinski definition) is 6. The Kier molecular flexibility index (Phi) is 6.78. The van der Waals surface area contributed by atoms with E-state index in [1.165, 1.54) is 18.6 Å². The quantitative estimate of drug-likeness (QED) is 0.211. The molecule has 0 saturated heterocycles. The third kappa shape index (κ3) is 5.68. The van der Waals surface area contributed by atoms with Gasteiger partial charge >= 0.3 is 5.97 Å². The van der Waals surface area contributed by atoms with Crippen LogP contribution in [0, 0.1) is 6.92 Å². The molecule has 0 aliphatic heterocycles. The van der Waals surface area contributed by atoms with Crippen molar-refractivity contribution in [3.63, 3.8) is 0 Å². The fourth-order valence-corrected chi connectivity index (χ4v) is 2.53. The molecule has 3 aromatic rings. The number of carbonyl (C=O) groups excluding carboxylic acids is 2. The van der Waals surface area contributed by atoms with Crippen LogP contribution < -0.4 is 14.9 Å². The van der Waals surface area contributed by atoms with Crippen molar-refractivity contribution in [2.75, 3.05) is 7.11 Å². The van der Waals surface area contributed by atoms with Gasteiger partial charge in [0.2, 0.25) is 0 Å². The normalized spacial score (nSPS) is 11.0. The van der Waals surface area contributed by atoms with E-state index in [1.54, 1.807) is 62.6 Å². The number of carbonyl (C=O) groups is 2. The highest BCUT2D eigenvalue weighted by Crippen LogP contribution is 2.14. The van der Waals surface area contributed by atoms with Crippen molar-refractivity contribution < 1.29 is 23.5 Å². The first kappa shape index (κ1) is 20.6. The van der Waals surface area contributed by atoms with E-state index < -0.39 is 5.97 Å².